The maximum Gasteiger partial charge on any atom is 0.164 e. The third kappa shape index (κ3) is 3.03. The maximum absolute atomic E-state index is 10.6. The smallest absolute Gasteiger partial charge is 0.164 e. The molecule has 0 aromatic carbocycles. The van der Waals surface area contributed by atoms with Gasteiger partial charge in [-0.25, -0.2) is 0 Å². The summed E-state index contributed by atoms with van der Waals surface area (Å²) < 4.78 is 0. The van der Waals surface area contributed by atoms with Gasteiger partial charge < -0.3 is 5.11 Å². The van der Waals surface area contributed by atoms with Crippen molar-refractivity contribution in [2.75, 3.05) is 6.61 Å². The molecular formula is C7H12O2. The average Bonchev–Trinajstić information content (AvgIpc) is 1.87. The summed E-state index contributed by atoms with van der Waals surface area (Å²) in [6.45, 7) is 3.26. The summed E-state index contributed by atoms with van der Waals surface area (Å²) in [6, 6.07) is 0. The highest BCUT2D eigenvalue weighted by atomic mass is 16.3. The van der Waals surface area contributed by atoms with Crippen molar-refractivity contribution in [3.63, 3.8) is 0 Å². The second-order valence-corrected chi connectivity index (χ2v) is 1.94. The molecule has 1 unspecified atom stereocenters. The van der Waals surface area contributed by atoms with Crippen LogP contribution in [-0.4, -0.2) is 17.5 Å². The Bertz CT molecular complexity index is 116. The van der Waals surface area contributed by atoms with Crippen molar-refractivity contribution in [3.05, 3.63) is 12.2 Å². The third-order valence-electron chi connectivity index (χ3n) is 1.14. The van der Waals surface area contributed by atoms with Crippen LogP contribution in [0.2, 0.25) is 0 Å². The van der Waals surface area contributed by atoms with E-state index in [1.165, 1.54) is 0 Å². The molecule has 0 aliphatic carbocycles. The van der Waals surface area contributed by atoms with Gasteiger partial charge in [0.15, 0.2) is 5.78 Å². The molecule has 2 heteroatoms. The zero-order valence-electron chi connectivity index (χ0n) is 5.79. The molecule has 2 nitrogen and oxygen atoms in total. The van der Waals surface area contributed by atoms with E-state index in [-0.39, 0.29) is 18.3 Å². The Morgan fingerprint density at radius 2 is 2.33 bits per heavy atom. The van der Waals surface area contributed by atoms with Crippen LogP contribution >= 0.6 is 0 Å². The second kappa shape index (κ2) is 4.27. The van der Waals surface area contributed by atoms with Gasteiger partial charge in [0.25, 0.3) is 0 Å². The normalized spacial score (nSPS) is 14.1. The highest BCUT2D eigenvalue weighted by Gasteiger charge is 2.05. The molecule has 0 aromatic rings. The minimum absolute atomic E-state index is 0.131. The fraction of sp³-hybridized carbons (Fsp3) is 0.571. The molecule has 1 N–H and O–H groups in total. The van der Waals surface area contributed by atoms with E-state index in [2.05, 4.69) is 0 Å². The van der Waals surface area contributed by atoms with Crippen molar-refractivity contribution in [3.8, 4) is 0 Å². The molecule has 0 bridgehead atoms. The van der Waals surface area contributed by atoms with Crippen LogP contribution in [0.5, 0.6) is 0 Å². The van der Waals surface area contributed by atoms with E-state index in [0.717, 1.165) is 0 Å². The Morgan fingerprint density at radius 3 is 2.67 bits per heavy atom. The fourth-order valence-electron chi connectivity index (χ4n) is 0.540. The monoisotopic (exact) mass is 128 g/mol. The molecule has 0 saturated heterocycles. The highest BCUT2D eigenvalue weighted by molar-refractivity contribution is 5.83. The Balaban J connectivity index is 3.72. The zero-order valence-corrected chi connectivity index (χ0v) is 5.79. The van der Waals surface area contributed by atoms with Crippen LogP contribution in [0.1, 0.15) is 13.8 Å². The molecule has 0 heterocycles. The van der Waals surface area contributed by atoms with Crippen molar-refractivity contribution in [1.29, 1.82) is 0 Å². The van der Waals surface area contributed by atoms with Crippen LogP contribution in [0.4, 0.5) is 0 Å². The van der Waals surface area contributed by atoms with E-state index < -0.39 is 0 Å². The molecule has 0 radical (unpaired) electrons. The molecule has 0 aromatic heterocycles. The van der Waals surface area contributed by atoms with Gasteiger partial charge in [-0.2, -0.15) is 0 Å². The number of ketones is 1. The number of allylic oxidation sites excluding steroid dienone is 2. The predicted octanol–water partition coefficient (Wildman–Crippen LogP) is 0.760. The van der Waals surface area contributed by atoms with Gasteiger partial charge >= 0.3 is 0 Å². The van der Waals surface area contributed by atoms with Gasteiger partial charge in [0, 0.05) is 5.92 Å². The van der Waals surface area contributed by atoms with E-state index in [4.69, 9.17) is 5.11 Å². The number of aliphatic hydroxyl groups is 1. The lowest BCUT2D eigenvalue weighted by Crippen LogP contribution is -2.12. The summed E-state index contributed by atoms with van der Waals surface area (Å²) in [5.74, 6) is -0.270. The summed E-state index contributed by atoms with van der Waals surface area (Å²) in [5.41, 5.74) is 0. The predicted molar refractivity (Wildman–Crippen MR) is 36.1 cm³/mol. The van der Waals surface area contributed by atoms with Gasteiger partial charge in [-0.1, -0.05) is 19.1 Å². The van der Waals surface area contributed by atoms with Crippen molar-refractivity contribution in [2.24, 2.45) is 5.92 Å². The van der Waals surface area contributed by atoms with Crippen molar-refractivity contribution in [2.45, 2.75) is 13.8 Å². The maximum atomic E-state index is 10.6. The number of hydrogen-bond donors (Lipinski definition) is 1. The van der Waals surface area contributed by atoms with Crippen molar-refractivity contribution < 1.29 is 9.90 Å². The largest absolute Gasteiger partial charge is 0.389 e. The highest BCUT2D eigenvalue weighted by Crippen LogP contribution is 1.97. The molecule has 0 spiro atoms. The molecule has 0 saturated carbocycles. The summed E-state index contributed by atoms with van der Waals surface area (Å²) in [7, 11) is 0. The SMILES string of the molecule is C/C=C/C(C)C(=O)CO. The molecule has 1 atom stereocenters. The summed E-state index contributed by atoms with van der Waals surface area (Å²) >= 11 is 0. The molecule has 9 heavy (non-hydrogen) atoms. The molecule has 0 fully saturated rings. The molecule has 0 aliphatic heterocycles. The Labute approximate surface area is 55.2 Å². The molecule has 0 rings (SSSR count). The van der Waals surface area contributed by atoms with Gasteiger partial charge in [-0.3, -0.25) is 4.79 Å². The zero-order chi connectivity index (χ0) is 7.28. The summed E-state index contributed by atoms with van der Waals surface area (Å²) in [4.78, 5) is 10.6. The lowest BCUT2D eigenvalue weighted by atomic mass is 10.1. The molecular weight excluding hydrogens is 116 g/mol. The third-order valence-corrected chi connectivity index (χ3v) is 1.14. The molecule has 52 valence electrons. The van der Waals surface area contributed by atoms with E-state index in [1.54, 1.807) is 19.1 Å². The first-order valence-electron chi connectivity index (χ1n) is 2.98. The van der Waals surface area contributed by atoms with E-state index in [1.807, 2.05) is 6.92 Å². The van der Waals surface area contributed by atoms with Crippen LogP contribution < -0.4 is 0 Å². The van der Waals surface area contributed by atoms with Crippen LogP contribution in [0.15, 0.2) is 12.2 Å². The van der Waals surface area contributed by atoms with Crippen molar-refractivity contribution >= 4 is 5.78 Å². The standard InChI is InChI=1S/C7H12O2/c1-3-4-6(2)7(9)5-8/h3-4,6,8H,5H2,1-2H3/b4-3+. The number of carbonyl (C=O) groups is 1. The number of hydrogen-bond acceptors (Lipinski definition) is 2. The van der Waals surface area contributed by atoms with Crippen LogP contribution in [0.3, 0.4) is 0 Å². The Morgan fingerprint density at radius 1 is 1.78 bits per heavy atom. The first-order valence-corrected chi connectivity index (χ1v) is 2.98. The summed E-state index contributed by atoms with van der Waals surface area (Å²) in [5, 5.41) is 8.35. The number of rotatable bonds is 3. The van der Waals surface area contributed by atoms with E-state index >= 15 is 0 Å². The Kier molecular flexibility index (Phi) is 3.97. The number of aliphatic hydroxyl groups excluding tert-OH is 1. The van der Waals surface area contributed by atoms with Gasteiger partial charge in [0.2, 0.25) is 0 Å². The van der Waals surface area contributed by atoms with Gasteiger partial charge in [0.05, 0.1) is 0 Å². The molecule has 0 amide bonds. The Hall–Kier alpha value is -0.630. The topological polar surface area (TPSA) is 37.3 Å². The first kappa shape index (κ1) is 8.37. The minimum atomic E-state index is -0.356. The van der Waals surface area contributed by atoms with E-state index in [0.29, 0.717) is 0 Å². The van der Waals surface area contributed by atoms with Crippen LogP contribution in [0.25, 0.3) is 0 Å². The molecule has 0 aliphatic rings. The fourth-order valence-corrected chi connectivity index (χ4v) is 0.540. The van der Waals surface area contributed by atoms with E-state index in [9.17, 15) is 4.79 Å². The lowest BCUT2D eigenvalue weighted by Gasteiger charge is -1.98. The van der Waals surface area contributed by atoms with Crippen molar-refractivity contribution in [1.82, 2.24) is 0 Å². The van der Waals surface area contributed by atoms with Crippen LogP contribution in [0, 0.1) is 5.92 Å². The summed E-state index contributed by atoms with van der Waals surface area (Å²) in [6.07, 6.45) is 3.57. The first-order chi connectivity index (χ1) is 4.22. The number of carbonyl (C=O) groups excluding carboxylic acids is 1. The average molecular weight is 128 g/mol. The van der Waals surface area contributed by atoms with Gasteiger partial charge in [-0.15, -0.1) is 0 Å². The lowest BCUT2D eigenvalue weighted by molar-refractivity contribution is -0.123. The quantitative estimate of drug-likeness (QED) is 0.570. The van der Waals surface area contributed by atoms with Gasteiger partial charge in [0.1, 0.15) is 6.61 Å². The van der Waals surface area contributed by atoms with Crippen LogP contribution in [-0.2, 0) is 4.79 Å². The minimum Gasteiger partial charge on any atom is -0.389 e. The van der Waals surface area contributed by atoms with Gasteiger partial charge in [-0.05, 0) is 6.92 Å². The number of Topliss-reactive ketones (excluding diaryl/α,β-unsaturated/α-hetero) is 1. The second-order valence-electron chi connectivity index (χ2n) is 1.94.